The number of nitrogens with zero attached hydrogens (tertiary/aromatic N) is 3. The van der Waals surface area contributed by atoms with Crippen molar-refractivity contribution in [1.29, 1.82) is 0 Å². The SMILES string of the molecule is Cc1ccc(C(N)=NCc2ccc3c(c2)CN(C2CCC(=O)NC2=O)C3=O)cc1OCCN1CCOCC1. The average Bonchev–Trinajstić information content (AvgIpc) is 3.24. The number of ether oxygens (including phenoxy) is 2. The summed E-state index contributed by atoms with van der Waals surface area (Å²) in [4.78, 5) is 45.1. The number of amidine groups is 1. The summed E-state index contributed by atoms with van der Waals surface area (Å²) in [7, 11) is 0. The lowest BCUT2D eigenvalue weighted by Gasteiger charge is -2.29. The molecule has 0 spiro atoms. The summed E-state index contributed by atoms with van der Waals surface area (Å²) < 4.78 is 11.4. The zero-order valence-electron chi connectivity index (χ0n) is 21.6. The molecule has 3 amide bonds. The smallest absolute Gasteiger partial charge is 0.255 e. The number of hydrogen-bond acceptors (Lipinski definition) is 7. The van der Waals surface area contributed by atoms with Crippen molar-refractivity contribution < 1.29 is 23.9 Å². The Morgan fingerprint density at radius 1 is 1.16 bits per heavy atom. The molecule has 38 heavy (non-hydrogen) atoms. The van der Waals surface area contributed by atoms with E-state index < -0.39 is 11.9 Å². The van der Waals surface area contributed by atoms with E-state index in [1.807, 2.05) is 37.3 Å². The molecule has 3 aliphatic rings. The molecule has 2 saturated heterocycles. The van der Waals surface area contributed by atoms with Gasteiger partial charge in [-0.3, -0.25) is 29.6 Å². The van der Waals surface area contributed by atoms with Gasteiger partial charge in [0.15, 0.2) is 0 Å². The molecule has 1 unspecified atom stereocenters. The van der Waals surface area contributed by atoms with Crippen molar-refractivity contribution in [3.8, 4) is 5.75 Å². The van der Waals surface area contributed by atoms with Crippen molar-refractivity contribution >= 4 is 23.6 Å². The first-order valence-electron chi connectivity index (χ1n) is 13.0. The van der Waals surface area contributed by atoms with Gasteiger partial charge in [0.2, 0.25) is 11.8 Å². The Labute approximate surface area is 221 Å². The van der Waals surface area contributed by atoms with Gasteiger partial charge in [0.25, 0.3) is 5.91 Å². The van der Waals surface area contributed by atoms with Crippen LogP contribution in [0, 0.1) is 6.92 Å². The van der Waals surface area contributed by atoms with Crippen LogP contribution in [0.1, 0.15) is 45.5 Å². The molecule has 200 valence electrons. The average molecular weight is 520 g/mol. The molecule has 3 heterocycles. The summed E-state index contributed by atoms with van der Waals surface area (Å²) in [6.45, 7) is 7.50. The van der Waals surface area contributed by atoms with Crippen LogP contribution in [0.2, 0.25) is 0 Å². The van der Waals surface area contributed by atoms with Crippen molar-refractivity contribution in [1.82, 2.24) is 15.1 Å². The summed E-state index contributed by atoms with van der Waals surface area (Å²) in [5, 5.41) is 2.33. The maximum atomic E-state index is 12.9. The summed E-state index contributed by atoms with van der Waals surface area (Å²) in [5.41, 5.74) is 10.5. The van der Waals surface area contributed by atoms with Crippen molar-refractivity contribution in [2.45, 2.75) is 38.9 Å². The minimum atomic E-state index is -0.628. The lowest BCUT2D eigenvalue weighted by Crippen LogP contribution is -2.52. The number of benzene rings is 2. The van der Waals surface area contributed by atoms with Gasteiger partial charge in [0.1, 0.15) is 24.2 Å². The van der Waals surface area contributed by atoms with Gasteiger partial charge in [0.05, 0.1) is 19.8 Å². The molecule has 0 radical (unpaired) electrons. The lowest BCUT2D eigenvalue weighted by molar-refractivity contribution is -0.136. The van der Waals surface area contributed by atoms with Crippen molar-refractivity contribution in [2.75, 3.05) is 39.5 Å². The minimum absolute atomic E-state index is 0.190. The van der Waals surface area contributed by atoms with Gasteiger partial charge >= 0.3 is 0 Å². The maximum Gasteiger partial charge on any atom is 0.255 e. The summed E-state index contributed by atoms with van der Waals surface area (Å²) >= 11 is 0. The molecule has 2 fully saturated rings. The molecule has 1 atom stereocenters. The van der Waals surface area contributed by atoms with E-state index >= 15 is 0 Å². The number of nitrogens with one attached hydrogen (secondary N) is 1. The number of carbonyl (C=O) groups excluding carboxylic acids is 3. The number of aryl methyl sites for hydroxylation is 1. The van der Waals surface area contributed by atoms with Crippen molar-refractivity contribution in [3.05, 3.63) is 64.2 Å². The number of piperidine rings is 1. The molecule has 10 heteroatoms. The number of rotatable bonds is 8. The van der Waals surface area contributed by atoms with E-state index in [2.05, 4.69) is 15.2 Å². The van der Waals surface area contributed by atoms with E-state index in [9.17, 15) is 14.4 Å². The fraction of sp³-hybridized carbons (Fsp3) is 0.429. The van der Waals surface area contributed by atoms with Crippen LogP contribution in [0.5, 0.6) is 5.75 Å². The number of hydrogen-bond donors (Lipinski definition) is 2. The topological polar surface area (TPSA) is 127 Å². The summed E-state index contributed by atoms with van der Waals surface area (Å²) in [5.74, 6) is 0.295. The fourth-order valence-corrected chi connectivity index (χ4v) is 5.02. The Hall–Kier alpha value is -3.76. The molecule has 10 nitrogen and oxygen atoms in total. The second-order valence-corrected chi connectivity index (χ2v) is 9.88. The molecule has 0 aliphatic carbocycles. The molecule has 0 saturated carbocycles. The number of fused-ring (bicyclic) bond motifs is 1. The van der Waals surface area contributed by atoms with Gasteiger partial charge < -0.3 is 20.1 Å². The van der Waals surface area contributed by atoms with Crippen LogP contribution in [0.25, 0.3) is 0 Å². The van der Waals surface area contributed by atoms with Crippen molar-refractivity contribution in [3.63, 3.8) is 0 Å². The Morgan fingerprint density at radius 3 is 2.76 bits per heavy atom. The van der Waals surface area contributed by atoms with E-state index in [4.69, 9.17) is 15.2 Å². The predicted molar refractivity (Wildman–Crippen MR) is 141 cm³/mol. The third-order valence-electron chi connectivity index (χ3n) is 7.27. The van der Waals surface area contributed by atoms with Crippen LogP contribution in [0.3, 0.4) is 0 Å². The molecule has 2 aromatic rings. The first-order chi connectivity index (χ1) is 18.4. The van der Waals surface area contributed by atoms with E-state index in [0.717, 1.165) is 60.9 Å². The highest BCUT2D eigenvalue weighted by Crippen LogP contribution is 2.28. The molecule has 3 aliphatic heterocycles. The van der Waals surface area contributed by atoms with Gasteiger partial charge in [-0.2, -0.15) is 0 Å². The Balaban J connectivity index is 1.21. The third-order valence-corrected chi connectivity index (χ3v) is 7.27. The molecule has 0 aromatic heterocycles. The fourth-order valence-electron chi connectivity index (χ4n) is 5.02. The van der Waals surface area contributed by atoms with E-state index in [-0.39, 0.29) is 18.2 Å². The van der Waals surface area contributed by atoms with Gasteiger partial charge in [0, 0.05) is 43.7 Å². The van der Waals surface area contributed by atoms with Gasteiger partial charge in [-0.25, -0.2) is 0 Å². The second-order valence-electron chi connectivity index (χ2n) is 9.88. The minimum Gasteiger partial charge on any atom is -0.492 e. The van der Waals surface area contributed by atoms with Gasteiger partial charge in [-0.05, 0) is 42.2 Å². The quantitative estimate of drug-likeness (QED) is 0.306. The largest absolute Gasteiger partial charge is 0.492 e. The standard InChI is InChI=1S/C28H33N5O5/c1-18-2-4-20(15-24(18)38-13-10-32-8-11-37-12-9-32)26(29)30-16-19-3-5-22-21(14-19)17-33(28(22)36)23-6-7-25(34)31-27(23)35/h2-5,14-15,23H,6-13,16-17H2,1H3,(H2,29,30)(H,31,34,35). The highest BCUT2D eigenvalue weighted by Gasteiger charge is 2.39. The molecule has 2 aromatic carbocycles. The Bertz CT molecular complexity index is 1270. The van der Waals surface area contributed by atoms with Crippen LogP contribution < -0.4 is 15.8 Å². The Morgan fingerprint density at radius 2 is 1.97 bits per heavy atom. The summed E-state index contributed by atoms with van der Waals surface area (Å²) in [6, 6.07) is 10.8. The number of imide groups is 1. The molecular weight excluding hydrogens is 486 g/mol. The van der Waals surface area contributed by atoms with Crippen LogP contribution in [-0.2, 0) is 27.4 Å². The lowest BCUT2D eigenvalue weighted by atomic mass is 10.0. The molecule has 0 bridgehead atoms. The highest BCUT2D eigenvalue weighted by molar-refractivity contribution is 6.05. The molecular formula is C28H33N5O5. The Kier molecular flexibility index (Phi) is 7.71. The molecule has 5 rings (SSSR count). The van der Waals surface area contributed by atoms with E-state index in [1.165, 1.54) is 0 Å². The van der Waals surface area contributed by atoms with E-state index in [1.54, 1.807) is 11.0 Å². The van der Waals surface area contributed by atoms with Crippen LogP contribution >= 0.6 is 0 Å². The zero-order valence-corrected chi connectivity index (χ0v) is 21.6. The molecule has 3 N–H and O–H groups in total. The number of nitrogens with two attached hydrogens (primary N) is 1. The number of amides is 3. The number of morpholine rings is 1. The summed E-state index contributed by atoms with van der Waals surface area (Å²) in [6.07, 6.45) is 0.572. The second kappa shape index (κ2) is 11.3. The number of carbonyl (C=O) groups is 3. The van der Waals surface area contributed by atoms with Crippen LogP contribution in [0.15, 0.2) is 41.4 Å². The van der Waals surface area contributed by atoms with E-state index in [0.29, 0.717) is 37.5 Å². The third kappa shape index (κ3) is 5.71. The van der Waals surface area contributed by atoms with Crippen molar-refractivity contribution in [2.24, 2.45) is 10.7 Å². The normalized spacial score (nSPS) is 20.4. The van der Waals surface area contributed by atoms with Gasteiger partial charge in [-0.1, -0.05) is 24.3 Å². The van der Waals surface area contributed by atoms with Crippen LogP contribution in [-0.4, -0.2) is 78.9 Å². The maximum absolute atomic E-state index is 12.9. The zero-order chi connectivity index (χ0) is 26.6. The van der Waals surface area contributed by atoms with Gasteiger partial charge in [-0.15, -0.1) is 0 Å². The predicted octanol–water partition coefficient (Wildman–Crippen LogP) is 1.37. The first kappa shape index (κ1) is 25.9. The first-order valence-corrected chi connectivity index (χ1v) is 13.0. The van der Waals surface area contributed by atoms with Crippen LogP contribution in [0.4, 0.5) is 0 Å². The number of aliphatic imine (C=N–C) groups is 1. The highest BCUT2D eigenvalue weighted by atomic mass is 16.5. The monoisotopic (exact) mass is 519 g/mol.